The summed E-state index contributed by atoms with van der Waals surface area (Å²) in [6, 6.07) is 17.1. The van der Waals surface area contributed by atoms with Gasteiger partial charge in [-0.2, -0.15) is 0 Å². The third-order valence-electron chi connectivity index (χ3n) is 6.91. The second-order valence-electron chi connectivity index (χ2n) is 10.2. The van der Waals surface area contributed by atoms with Crippen molar-refractivity contribution >= 4 is 12.1 Å². The summed E-state index contributed by atoms with van der Waals surface area (Å²) in [4.78, 5) is 25.6. The lowest BCUT2D eigenvalue weighted by Crippen LogP contribution is -2.59. The average Bonchev–Trinajstić information content (AvgIpc) is 2.99. The molecule has 1 amide bonds. The van der Waals surface area contributed by atoms with Crippen LogP contribution in [0.25, 0.3) is 0 Å². The van der Waals surface area contributed by atoms with Crippen molar-refractivity contribution in [3.05, 3.63) is 71.8 Å². The number of esters is 1. The smallest absolute Gasteiger partial charge is 0.408 e. The molecule has 0 bridgehead atoms. The van der Waals surface area contributed by atoms with Gasteiger partial charge in [-0.15, -0.1) is 0 Å². The molecular formula is C31H43NO9. The maximum Gasteiger partial charge on any atom is 0.408 e. The Bertz CT molecular complexity index is 1020. The zero-order chi connectivity index (χ0) is 29.5. The normalized spacial score (nSPS) is 23.0. The monoisotopic (exact) mass is 573 g/mol. The summed E-state index contributed by atoms with van der Waals surface area (Å²) in [5.41, 5.74) is 1.58. The van der Waals surface area contributed by atoms with Crippen molar-refractivity contribution in [2.45, 2.75) is 95.2 Å². The lowest BCUT2D eigenvalue weighted by atomic mass is 9.99. The second-order valence-corrected chi connectivity index (χ2v) is 10.2. The van der Waals surface area contributed by atoms with Crippen molar-refractivity contribution in [1.82, 2.24) is 5.32 Å². The molecule has 10 nitrogen and oxygen atoms in total. The lowest BCUT2D eigenvalue weighted by molar-refractivity contribution is -0.301. The highest BCUT2D eigenvalue weighted by Crippen LogP contribution is 2.23. The van der Waals surface area contributed by atoms with Crippen molar-refractivity contribution in [3.8, 4) is 0 Å². The van der Waals surface area contributed by atoms with Crippen molar-refractivity contribution in [1.29, 1.82) is 0 Å². The zero-order valence-electron chi connectivity index (χ0n) is 23.6. The van der Waals surface area contributed by atoms with Crippen LogP contribution >= 0.6 is 0 Å². The fraction of sp³-hybridized carbons (Fsp3) is 0.548. The number of carbonyl (C=O) groups is 2. The molecule has 3 rings (SSSR count). The Balaban J connectivity index is 1.54. The molecule has 226 valence electrons. The number of aliphatic hydroxyl groups excluding tert-OH is 3. The molecule has 1 heterocycles. The number of hydrogen-bond acceptors (Lipinski definition) is 9. The number of unbranched alkanes of at least 4 members (excludes halogenated alkanes) is 5. The highest BCUT2D eigenvalue weighted by Gasteiger charge is 2.45. The molecule has 10 heteroatoms. The summed E-state index contributed by atoms with van der Waals surface area (Å²) in [5, 5.41) is 33.7. The molecule has 4 N–H and O–H groups in total. The lowest BCUT2D eigenvalue weighted by Gasteiger charge is -2.40. The molecule has 0 aromatic heterocycles. The zero-order valence-corrected chi connectivity index (χ0v) is 23.6. The van der Waals surface area contributed by atoms with Crippen LogP contribution in [-0.2, 0) is 36.8 Å². The van der Waals surface area contributed by atoms with E-state index in [0.717, 1.165) is 43.2 Å². The van der Waals surface area contributed by atoms with Gasteiger partial charge in [-0.1, -0.05) is 99.7 Å². The molecule has 1 fully saturated rings. The number of amides is 1. The van der Waals surface area contributed by atoms with Gasteiger partial charge in [0.1, 0.15) is 43.7 Å². The third kappa shape index (κ3) is 11.1. The minimum Gasteiger partial charge on any atom is -0.461 e. The Morgan fingerprint density at radius 3 is 2.15 bits per heavy atom. The summed E-state index contributed by atoms with van der Waals surface area (Å²) in [6.07, 6.45) is -1.17. The molecule has 2 aromatic carbocycles. The molecule has 1 aliphatic heterocycles. The molecule has 6 atom stereocenters. The van der Waals surface area contributed by atoms with Gasteiger partial charge in [-0.05, 0) is 17.5 Å². The second kappa shape index (κ2) is 17.7. The van der Waals surface area contributed by atoms with Gasteiger partial charge >= 0.3 is 12.1 Å². The first kappa shape index (κ1) is 32.5. The SMILES string of the molecule is CCCCCCCCO[C@@H]1O[C@H](COC(=O)[C@H](Cc2ccccc2)NC(=O)OCc2ccccc2)[C@@H](O)[C@H](O)[C@H]1O. The van der Waals surface area contributed by atoms with Crippen LogP contribution in [-0.4, -0.2) is 77.3 Å². The fourth-order valence-corrected chi connectivity index (χ4v) is 4.49. The van der Waals surface area contributed by atoms with Crippen molar-refractivity contribution in [3.63, 3.8) is 0 Å². The minimum absolute atomic E-state index is 0.0300. The van der Waals surface area contributed by atoms with Gasteiger partial charge in [0.25, 0.3) is 0 Å². The van der Waals surface area contributed by atoms with Gasteiger partial charge in [0.05, 0.1) is 0 Å². The molecule has 0 spiro atoms. The quantitative estimate of drug-likeness (QED) is 0.176. The van der Waals surface area contributed by atoms with Gasteiger partial charge in [0.2, 0.25) is 0 Å². The first-order valence-corrected chi connectivity index (χ1v) is 14.4. The van der Waals surface area contributed by atoms with Crippen LogP contribution in [0.2, 0.25) is 0 Å². The molecular weight excluding hydrogens is 530 g/mol. The Hall–Kier alpha value is -3.02. The first-order valence-electron chi connectivity index (χ1n) is 14.4. The molecule has 1 aliphatic rings. The first-order chi connectivity index (χ1) is 19.9. The Morgan fingerprint density at radius 2 is 1.46 bits per heavy atom. The van der Waals surface area contributed by atoms with E-state index in [1.165, 1.54) is 6.42 Å². The topological polar surface area (TPSA) is 144 Å². The van der Waals surface area contributed by atoms with Crippen LogP contribution in [0, 0.1) is 0 Å². The van der Waals surface area contributed by atoms with Gasteiger partial charge < -0.3 is 39.6 Å². The number of nitrogens with one attached hydrogen (secondary N) is 1. The van der Waals surface area contributed by atoms with Crippen LogP contribution in [0.15, 0.2) is 60.7 Å². The average molecular weight is 574 g/mol. The summed E-state index contributed by atoms with van der Waals surface area (Å²) >= 11 is 0. The number of benzene rings is 2. The number of ether oxygens (including phenoxy) is 4. The van der Waals surface area contributed by atoms with Gasteiger partial charge in [-0.25, -0.2) is 9.59 Å². The van der Waals surface area contributed by atoms with Crippen molar-refractivity contribution in [2.24, 2.45) is 0 Å². The molecule has 0 radical (unpaired) electrons. The molecule has 0 unspecified atom stereocenters. The summed E-state index contributed by atoms with van der Waals surface area (Å²) in [5.74, 6) is -0.772. The summed E-state index contributed by atoms with van der Waals surface area (Å²) < 4.78 is 22.0. The number of carbonyl (C=O) groups excluding carboxylic acids is 2. The van der Waals surface area contributed by atoms with Crippen LogP contribution in [0.1, 0.15) is 56.6 Å². The largest absolute Gasteiger partial charge is 0.461 e. The van der Waals surface area contributed by atoms with Gasteiger partial charge in [-0.3, -0.25) is 0 Å². The van der Waals surface area contributed by atoms with Crippen LogP contribution in [0.5, 0.6) is 0 Å². The molecule has 1 saturated heterocycles. The van der Waals surface area contributed by atoms with Crippen molar-refractivity contribution < 1.29 is 43.9 Å². The van der Waals surface area contributed by atoms with Crippen LogP contribution in [0.4, 0.5) is 4.79 Å². The van der Waals surface area contributed by atoms with E-state index in [1.54, 1.807) is 0 Å². The maximum absolute atomic E-state index is 13.1. The van der Waals surface area contributed by atoms with Crippen LogP contribution < -0.4 is 5.32 Å². The predicted molar refractivity (Wildman–Crippen MR) is 151 cm³/mol. The number of alkyl carbamates (subject to hydrolysis) is 1. The fourth-order valence-electron chi connectivity index (χ4n) is 4.49. The van der Waals surface area contributed by atoms with E-state index in [2.05, 4.69) is 12.2 Å². The molecule has 2 aromatic rings. The van der Waals surface area contributed by atoms with Gasteiger partial charge in [0.15, 0.2) is 6.29 Å². The Kier molecular flexibility index (Phi) is 14.0. The van der Waals surface area contributed by atoms with Gasteiger partial charge in [0, 0.05) is 13.0 Å². The van der Waals surface area contributed by atoms with E-state index in [-0.39, 0.29) is 13.0 Å². The number of aliphatic hydroxyl groups is 3. The molecule has 0 aliphatic carbocycles. The Morgan fingerprint density at radius 1 is 0.829 bits per heavy atom. The van der Waals surface area contributed by atoms with Crippen molar-refractivity contribution in [2.75, 3.05) is 13.2 Å². The van der Waals surface area contributed by atoms with E-state index in [1.807, 2.05) is 60.7 Å². The van der Waals surface area contributed by atoms with E-state index >= 15 is 0 Å². The highest BCUT2D eigenvalue weighted by molar-refractivity contribution is 5.81. The number of hydrogen-bond donors (Lipinski definition) is 4. The minimum atomic E-state index is -1.55. The molecule has 0 saturated carbocycles. The Labute approximate surface area is 241 Å². The maximum atomic E-state index is 13.1. The standard InChI is InChI=1S/C31H43NO9/c1-2-3-4-5-6-13-18-38-30-28(35)27(34)26(33)25(41-30)21-39-29(36)24(19-22-14-9-7-10-15-22)32-31(37)40-20-23-16-11-8-12-17-23/h7-12,14-17,24-28,30,33-35H,2-6,13,18-21H2,1H3,(H,32,37)/t24-,25+,26+,27-,28+,30+/m0/s1. The van der Waals surface area contributed by atoms with E-state index in [4.69, 9.17) is 18.9 Å². The predicted octanol–water partition coefficient (Wildman–Crippen LogP) is 3.25. The third-order valence-corrected chi connectivity index (χ3v) is 6.91. The van der Waals surface area contributed by atoms with E-state index in [9.17, 15) is 24.9 Å². The summed E-state index contributed by atoms with van der Waals surface area (Å²) in [7, 11) is 0. The molecule has 41 heavy (non-hydrogen) atoms. The highest BCUT2D eigenvalue weighted by atomic mass is 16.7. The van der Waals surface area contributed by atoms with E-state index < -0.39 is 55.4 Å². The van der Waals surface area contributed by atoms with E-state index in [0.29, 0.717) is 6.61 Å². The van der Waals surface area contributed by atoms with Crippen LogP contribution in [0.3, 0.4) is 0 Å². The summed E-state index contributed by atoms with van der Waals surface area (Å²) in [6.45, 7) is 2.08. The number of rotatable bonds is 16.